The first kappa shape index (κ1) is 16.2. The number of carbonyl (C=O) groups excluding carboxylic acids is 1. The summed E-state index contributed by atoms with van der Waals surface area (Å²) in [6.45, 7) is 1.85. The lowest BCUT2D eigenvalue weighted by molar-refractivity contribution is -0.106. The highest BCUT2D eigenvalue weighted by molar-refractivity contribution is 7.89. The fraction of sp³-hybridized carbons (Fsp3) is 0.0667. The van der Waals surface area contributed by atoms with Crippen molar-refractivity contribution in [3.63, 3.8) is 0 Å². The molecule has 0 spiro atoms. The summed E-state index contributed by atoms with van der Waals surface area (Å²) in [5.41, 5.74) is 1.19. The van der Waals surface area contributed by atoms with Gasteiger partial charge in [0.2, 0.25) is 0 Å². The Morgan fingerprint density at radius 3 is 2.18 bits per heavy atom. The van der Waals surface area contributed by atoms with Gasteiger partial charge in [0.15, 0.2) is 5.71 Å². The Kier molecular flexibility index (Phi) is 4.95. The molecule has 0 aliphatic carbocycles. The second kappa shape index (κ2) is 6.72. The topological polar surface area (TPSA) is 75.6 Å². The molecule has 0 fully saturated rings. The molecule has 114 valence electrons. The summed E-state index contributed by atoms with van der Waals surface area (Å²) in [5.74, 6) is 0. The van der Waals surface area contributed by atoms with E-state index in [1.54, 1.807) is 42.5 Å². The monoisotopic (exact) mass is 336 g/mol. The molecular weight excluding hydrogens is 324 g/mol. The molecular formula is C15H13ClN2O3S. The molecule has 22 heavy (non-hydrogen) atoms. The van der Waals surface area contributed by atoms with Crippen molar-refractivity contribution < 1.29 is 13.2 Å². The number of nitrogens with zero attached hydrogens (tertiary/aromatic N) is 1. The molecule has 0 unspecified atom stereocenters. The van der Waals surface area contributed by atoms with Crippen LogP contribution in [-0.2, 0) is 14.8 Å². The van der Waals surface area contributed by atoms with Crippen molar-refractivity contribution in [1.82, 2.24) is 4.83 Å². The maximum absolute atomic E-state index is 12.1. The summed E-state index contributed by atoms with van der Waals surface area (Å²) in [7, 11) is -3.86. The van der Waals surface area contributed by atoms with Crippen molar-refractivity contribution >= 4 is 32.6 Å². The predicted octanol–water partition coefficient (Wildman–Crippen LogP) is 2.44. The number of halogens is 1. The average Bonchev–Trinajstić information content (AvgIpc) is 2.48. The van der Waals surface area contributed by atoms with Crippen LogP contribution in [0.4, 0.5) is 0 Å². The van der Waals surface area contributed by atoms with Crippen LogP contribution < -0.4 is 4.83 Å². The molecule has 2 aromatic rings. The average molecular weight is 337 g/mol. The zero-order valence-corrected chi connectivity index (χ0v) is 13.2. The molecule has 0 aliphatic rings. The molecule has 0 aliphatic heterocycles. The molecule has 0 aromatic heterocycles. The SMILES string of the molecule is Cc1ccc(S(=O)(=O)N/N=C(\C(=O)Cl)c2ccccc2)cc1. The quantitative estimate of drug-likeness (QED) is 0.517. The maximum atomic E-state index is 12.1. The van der Waals surface area contributed by atoms with E-state index in [0.29, 0.717) is 5.56 Å². The highest BCUT2D eigenvalue weighted by atomic mass is 35.5. The van der Waals surface area contributed by atoms with Crippen LogP contribution in [0.2, 0.25) is 0 Å². The second-order valence-corrected chi connectivity index (χ2v) is 6.51. The van der Waals surface area contributed by atoms with E-state index in [1.165, 1.54) is 12.1 Å². The number of rotatable bonds is 5. The summed E-state index contributed by atoms with van der Waals surface area (Å²) in [5, 5.41) is 2.81. The van der Waals surface area contributed by atoms with Gasteiger partial charge in [0, 0.05) is 5.56 Å². The molecule has 2 rings (SSSR count). The van der Waals surface area contributed by atoms with E-state index in [2.05, 4.69) is 5.10 Å². The third-order valence-corrected chi connectivity index (χ3v) is 4.25. The van der Waals surface area contributed by atoms with Gasteiger partial charge in [0.25, 0.3) is 15.3 Å². The van der Waals surface area contributed by atoms with Crippen molar-refractivity contribution in [1.29, 1.82) is 0 Å². The van der Waals surface area contributed by atoms with E-state index in [0.717, 1.165) is 5.56 Å². The highest BCUT2D eigenvalue weighted by Gasteiger charge is 2.16. The smallest absolute Gasteiger partial charge is 0.274 e. The van der Waals surface area contributed by atoms with Crippen LogP contribution in [0.15, 0.2) is 64.6 Å². The van der Waals surface area contributed by atoms with Crippen molar-refractivity contribution in [3.05, 3.63) is 65.7 Å². The van der Waals surface area contributed by atoms with Crippen molar-refractivity contribution in [2.24, 2.45) is 5.10 Å². The standard InChI is InChI=1S/C15H13ClN2O3S/c1-11-7-9-13(10-8-11)22(20,21)18-17-14(15(16)19)12-5-3-2-4-6-12/h2-10,18H,1H3/b17-14-. The van der Waals surface area contributed by atoms with E-state index in [1.807, 2.05) is 11.8 Å². The van der Waals surface area contributed by atoms with Crippen LogP contribution >= 0.6 is 11.6 Å². The maximum Gasteiger partial charge on any atom is 0.276 e. The second-order valence-electron chi connectivity index (χ2n) is 4.51. The van der Waals surface area contributed by atoms with Crippen molar-refractivity contribution in [2.75, 3.05) is 0 Å². The molecule has 2 aromatic carbocycles. The van der Waals surface area contributed by atoms with Gasteiger partial charge in [-0.25, -0.2) is 0 Å². The predicted molar refractivity (Wildman–Crippen MR) is 85.3 cm³/mol. The van der Waals surface area contributed by atoms with E-state index in [-0.39, 0.29) is 10.6 Å². The molecule has 0 saturated heterocycles. The summed E-state index contributed by atoms with van der Waals surface area (Å²) in [6.07, 6.45) is 0. The molecule has 5 nitrogen and oxygen atoms in total. The fourth-order valence-corrected chi connectivity index (χ4v) is 2.66. The fourth-order valence-electron chi connectivity index (χ4n) is 1.69. The number of hydrazone groups is 1. The van der Waals surface area contributed by atoms with E-state index in [4.69, 9.17) is 11.6 Å². The number of benzene rings is 2. The largest absolute Gasteiger partial charge is 0.276 e. The van der Waals surface area contributed by atoms with Crippen LogP contribution in [0.25, 0.3) is 0 Å². The molecule has 0 heterocycles. The van der Waals surface area contributed by atoms with Crippen LogP contribution in [-0.4, -0.2) is 19.4 Å². The first-order chi connectivity index (χ1) is 10.4. The number of aryl methyl sites for hydroxylation is 1. The van der Waals surface area contributed by atoms with Gasteiger partial charge in [0.1, 0.15) is 0 Å². The Labute approximate surface area is 133 Å². The van der Waals surface area contributed by atoms with Crippen LogP contribution in [0, 0.1) is 6.92 Å². The Morgan fingerprint density at radius 2 is 1.64 bits per heavy atom. The minimum atomic E-state index is -3.86. The molecule has 7 heteroatoms. The lowest BCUT2D eigenvalue weighted by Crippen LogP contribution is -2.22. The summed E-state index contributed by atoms with van der Waals surface area (Å²) in [6, 6.07) is 14.6. The zero-order valence-electron chi connectivity index (χ0n) is 11.7. The van der Waals surface area contributed by atoms with E-state index >= 15 is 0 Å². The third kappa shape index (κ3) is 3.93. The van der Waals surface area contributed by atoms with Crippen LogP contribution in [0.5, 0.6) is 0 Å². The molecule has 1 N–H and O–H groups in total. The Bertz CT molecular complexity index is 800. The minimum Gasteiger partial charge on any atom is -0.274 e. The van der Waals surface area contributed by atoms with Crippen molar-refractivity contribution in [3.8, 4) is 0 Å². The molecule has 0 bridgehead atoms. The third-order valence-electron chi connectivity index (χ3n) is 2.84. The number of carbonyl (C=O) groups is 1. The number of sulfonamides is 1. The lowest BCUT2D eigenvalue weighted by Gasteiger charge is -2.06. The number of hydrogen-bond acceptors (Lipinski definition) is 4. The lowest BCUT2D eigenvalue weighted by atomic mass is 10.1. The summed E-state index contributed by atoms with van der Waals surface area (Å²) >= 11 is 5.47. The van der Waals surface area contributed by atoms with Crippen molar-refractivity contribution in [2.45, 2.75) is 11.8 Å². The van der Waals surface area contributed by atoms with E-state index in [9.17, 15) is 13.2 Å². The van der Waals surface area contributed by atoms with E-state index < -0.39 is 15.3 Å². The first-order valence-electron chi connectivity index (χ1n) is 6.31. The van der Waals surface area contributed by atoms with Gasteiger partial charge in [0.05, 0.1) is 4.90 Å². The van der Waals surface area contributed by atoms with Gasteiger partial charge in [-0.15, -0.1) is 0 Å². The molecule has 0 radical (unpaired) electrons. The van der Waals surface area contributed by atoms with Crippen LogP contribution in [0.1, 0.15) is 11.1 Å². The Balaban J connectivity index is 2.31. The normalized spacial score (nSPS) is 12.0. The van der Waals surface area contributed by atoms with Gasteiger partial charge in [-0.05, 0) is 30.7 Å². The van der Waals surface area contributed by atoms with Crippen LogP contribution in [0.3, 0.4) is 0 Å². The minimum absolute atomic E-state index is 0.0521. The zero-order chi connectivity index (χ0) is 16.2. The number of nitrogens with one attached hydrogen (secondary N) is 1. The highest BCUT2D eigenvalue weighted by Crippen LogP contribution is 2.10. The van der Waals surface area contributed by atoms with Gasteiger partial charge in [-0.2, -0.15) is 18.4 Å². The molecule has 0 saturated carbocycles. The van der Waals surface area contributed by atoms with Gasteiger partial charge < -0.3 is 0 Å². The Morgan fingerprint density at radius 1 is 1.05 bits per heavy atom. The molecule has 0 amide bonds. The van der Waals surface area contributed by atoms with Gasteiger partial charge in [-0.3, -0.25) is 4.79 Å². The summed E-state index contributed by atoms with van der Waals surface area (Å²) < 4.78 is 24.3. The molecule has 0 atom stereocenters. The van der Waals surface area contributed by atoms with Gasteiger partial charge >= 0.3 is 0 Å². The summed E-state index contributed by atoms with van der Waals surface area (Å²) in [4.78, 5) is 13.5. The Hall–Kier alpha value is -2.18. The number of hydrogen-bond donors (Lipinski definition) is 1. The first-order valence-corrected chi connectivity index (χ1v) is 8.18. The van der Waals surface area contributed by atoms with Gasteiger partial charge in [-0.1, -0.05) is 48.0 Å².